The Balaban J connectivity index is 1.80. The highest BCUT2D eigenvalue weighted by atomic mass is 16.6. The average molecular weight is 377 g/mol. The van der Waals surface area contributed by atoms with Crippen LogP contribution in [0.3, 0.4) is 0 Å². The fourth-order valence-corrected chi connectivity index (χ4v) is 2.70. The summed E-state index contributed by atoms with van der Waals surface area (Å²) >= 11 is 0. The lowest BCUT2D eigenvalue weighted by Gasteiger charge is -2.26. The monoisotopic (exact) mass is 377 g/mol. The van der Waals surface area contributed by atoms with Crippen molar-refractivity contribution in [2.45, 2.75) is 6.42 Å². The molecule has 1 fully saturated rings. The predicted octanol–water partition coefficient (Wildman–Crippen LogP) is 3.21. The standard InChI is InChI=1S/C20H15N3O5/c24-18-16(12-6-4-8-14-9-5-7-13-17(14)23(27)28)19(25)22(20(26)21-18)15-10-2-1-3-11-15/h1-5,7-13H,6H2,(H,21,24,26)/b8-4+,16-12-. The Morgan fingerprint density at radius 1 is 1.00 bits per heavy atom. The predicted molar refractivity (Wildman–Crippen MR) is 102 cm³/mol. The van der Waals surface area contributed by atoms with E-state index in [9.17, 15) is 24.5 Å². The highest BCUT2D eigenvalue weighted by Gasteiger charge is 2.36. The fraction of sp³-hybridized carbons (Fsp3) is 0.0500. The van der Waals surface area contributed by atoms with E-state index in [2.05, 4.69) is 5.32 Å². The molecule has 0 unspecified atom stereocenters. The van der Waals surface area contributed by atoms with Crippen molar-refractivity contribution in [2.24, 2.45) is 0 Å². The molecule has 1 heterocycles. The first-order valence-corrected chi connectivity index (χ1v) is 8.34. The highest BCUT2D eigenvalue weighted by molar-refractivity contribution is 6.37. The summed E-state index contributed by atoms with van der Waals surface area (Å²) in [6.45, 7) is 0. The molecule has 0 spiro atoms. The lowest BCUT2D eigenvalue weighted by atomic mass is 10.1. The molecule has 0 bridgehead atoms. The van der Waals surface area contributed by atoms with Gasteiger partial charge in [0.05, 0.1) is 16.2 Å². The number of carbonyl (C=O) groups is 3. The van der Waals surface area contributed by atoms with Crippen LogP contribution in [-0.2, 0) is 9.59 Å². The third kappa shape index (κ3) is 3.85. The van der Waals surface area contributed by atoms with Crippen molar-refractivity contribution in [1.82, 2.24) is 5.32 Å². The third-order valence-corrected chi connectivity index (χ3v) is 4.00. The fourth-order valence-electron chi connectivity index (χ4n) is 2.70. The molecule has 0 atom stereocenters. The van der Waals surface area contributed by atoms with Gasteiger partial charge in [0.1, 0.15) is 5.57 Å². The van der Waals surface area contributed by atoms with Crippen LogP contribution in [0.25, 0.3) is 6.08 Å². The summed E-state index contributed by atoms with van der Waals surface area (Å²) in [5.41, 5.74) is 0.541. The number of amides is 4. The van der Waals surface area contributed by atoms with Crippen LogP contribution in [0.5, 0.6) is 0 Å². The third-order valence-electron chi connectivity index (χ3n) is 4.00. The molecule has 2 aromatic carbocycles. The Kier molecular flexibility index (Phi) is 5.40. The van der Waals surface area contributed by atoms with Crippen LogP contribution in [-0.4, -0.2) is 22.8 Å². The summed E-state index contributed by atoms with van der Waals surface area (Å²) in [4.78, 5) is 48.1. The largest absolute Gasteiger partial charge is 0.335 e. The molecule has 0 aliphatic carbocycles. The van der Waals surface area contributed by atoms with Crippen LogP contribution in [0.2, 0.25) is 0 Å². The van der Waals surface area contributed by atoms with Gasteiger partial charge in [0, 0.05) is 6.07 Å². The minimum atomic E-state index is -0.811. The number of nitrogens with one attached hydrogen (secondary N) is 1. The number of anilines is 1. The number of hydrogen-bond acceptors (Lipinski definition) is 5. The molecular formula is C20H15N3O5. The van der Waals surface area contributed by atoms with Gasteiger partial charge in [-0.3, -0.25) is 25.0 Å². The summed E-state index contributed by atoms with van der Waals surface area (Å²) in [7, 11) is 0. The van der Waals surface area contributed by atoms with Gasteiger partial charge in [-0.25, -0.2) is 9.69 Å². The van der Waals surface area contributed by atoms with E-state index in [0.717, 1.165) is 4.90 Å². The van der Waals surface area contributed by atoms with Gasteiger partial charge in [-0.15, -0.1) is 0 Å². The Bertz CT molecular complexity index is 1010. The number of para-hydroxylation sites is 2. The van der Waals surface area contributed by atoms with Gasteiger partial charge >= 0.3 is 6.03 Å². The number of urea groups is 1. The molecule has 3 rings (SSSR count). The minimum Gasteiger partial charge on any atom is -0.273 e. The van der Waals surface area contributed by atoms with E-state index in [-0.39, 0.29) is 17.7 Å². The van der Waals surface area contributed by atoms with Crippen LogP contribution in [0.15, 0.2) is 72.3 Å². The van der Waals surface area contributed by atoms with E-state index in [1.165, 1.54) is 12.1 Å². The molecular weight excluding hydrogens is 362 g/mol. The van der Waals surface area contributed by atoms with E-state index in [0.29, 0.717) is 11.3 Å². The second-order valence-electron chi connectivity index (χ2n) is 5.81. The maximum Gasteiger partial charge on any atom is 0.335 e. The SMILES string of the molecule is O=C1NC(=O)N(c2ccccc2)C(=O)/C1=C\C/C=C/c1ccccc1[N+](=O)[O-]. The molecule has 1 saturated heterocycles. The molecule has 1 aliphatic rings. The topological polar surface area (TPSA) is 110 Å². The summed E-state index contributed by atoms with van der Waals surface area (Å²) in [6.07, 6.45) is 4.70. The molecule has 1 N–H and O–H groups in total. The van der Waals surface area contributed by atoms with Crippen molar-refractivity contribution in [1.29, 1.82) is 0 Å². The number of nitrogens with zero attached hydrogens (tertiary/aromatic N) is 2. The van der Waals surface area contributed by atoms with E-state index < -0.39 is 22.8 Å². The zero-order chi connectivity index (χ0) is 20.1. The smallest absolute Gasteiger partial charge is 0.273 e. The van der Waals surface area contributed by atoms with Gasteiger partial charge in [0.2, 0.25) is 0 Å². The van der Waals surface area contributed by atoms with E-state index in [1.807, 2.05) is 0 Å². The van der Waals surface area contributed by atoms with Crippen LogP contribution in [0, 0.1) is 10.1 Å². The molecule has 0 aromatic heterocycles. The number of benzene rings is 2. The Labute approximate surface area is 159 Å². The van der Waals surface area contributed by atoms with Crippen molar-refractivity contribution >= 4 is 35.3 Å². The molecule has 140 valence electrons. The van der Waals surface area contributed by atoms with Crippen LogP contribution in [0.4, 0.5) is 16.2 Å². The van der Waals surface area contributed by atoms with Crippen molar-refractivity contribution in [3.63, 3.8) is 0 Å². The molecule has 2 aromatic rings. The molecule has 4 amide bonds. The molecule has 0 saturated carbocycles. The average Bonchev–Trinajstić information content (AvgIpc) is 2.68. The van der Waals surface area contributed by atoms with Gasteiger partial charge in [0.15, 0.2) is 0 Å². The lowest BCUT2D eigenvalue weighted by Crippen LogP contribution is -2.54. The number of hydrogen-bond donors (Lipinski definition) is 1. The van der Waals surface area contributed by atoms with Gasteiger partial charge in [0.25, 0.3) is 17.5 Å². The number of rotatable bonds is 5. The molecule has 0 radical (unpaired) electrons. The number of nitro groups is 1. The van der Waals surface area contributed by atoms with Crippen molar-refractivity contribution in [3.05, 3.63) is 88.0 Å². The second kappa shape index (κ2) is 8.09. The molecule has 8 heteroatoms. The normalized spacial score (nSPS) is 15.9. The van der Waals surface area contributed by atoms with Gasteiger partial charge < -0.3 is 0 Å². The summed E-state index contributed by atoms with van der Waals surface area (Å²) < 4.78 is 0. The number of nitro benzene ring substituents is 1. The zero-order valence-electron chi connectivity index (χ0n) is 14.6. The van der Waals surface area contributed by atoms with Crippen LogP contribution in [0.1, 0.15) is 12.0 Å². The van der Waals surface area contributed by atoms with Crippen LogP contribution >= 0.6 is 0 Å². The quantitative estimate of drug-likeness (QED) is 0.372. The first-order chi connectivity index (χ1) is 13.5. The number of allylic oxidation sites excluding steroid dienone is 2. The lowest BCUT2D eigenvalue weighted by molar-refractivity contribution is -0.385. The molecule has 8 nitrogen and oxygen atoms in total. The number of imide groups is 2. The zero-order valence-corrected chi connectivity index (χ0v) is 14.6. The first kappa shape index (κ1) is 18.7. The highest BCUT2D eigenvalue weighted by Crippen LogP contribution is 2.21. The summed E-state index contributed by atoms with van der Waals surface area (Å²) in [5.74, 6) is -1.50. The Hall–Kier alpha value is -4.07. The maximum atomic E-state index is 12.6. The first-order valence-electron chi connectivity index (χ1n) is 8.34. The molecule has 28 heavy (non-hydrogen) atoms. The van der Waals surface area contributed by atoms with E-state index in [1.54, 1.807) is 60.7 Å². The number of barbiturate groups is 1. The van der Waals surface area contributed by atoms with Crippen molar-refractivity contribution in [3.8, 4) is 0 Å². The van der Waals surface area contributed by atoms with Gasteiger partial charge in [-0.2, -0.15) is 0 Å². The number of carbonyl (C=O) groups excluding carboxylic acids is 3. The van der Waals surface area contributed by atoms with Crippen molar-refractivity contribution < 1.29 is 19.3 Å². The van der Waals surface area contributed by atoms with Gasteiger partial charge in [-0.1, -0.05) is 48.6 Å². The Morgan fingerprint density at radius 2 is 1.68 bits per heavy atom. The maximum absolute atomic E-state index is 12.6. The van der Waals surface area contributed by atoms with Crippen molar-refractivity contribution in [2.75, 3.05) is 4.90 Å². The van der Waals surface area contributed by atoms with Crippen LogP contribution < -0.4 is 10.2 Å². The molecule has 1 aliphatic heterocycles. The van der Waals surface area contributed by atoms with E-state index >= 15 is 0 Å². The minimum absolute atomic E-state index is 0.0428. The summed E-state index contributed by atoms with van der Waals surface area (Å²) in [5, 5.41) is 13.2. The summed E-state index contributed by atoms with van der Waals surface area (Å²) in [6, 6.07) is 13.7. The van der Waals surface area contributed by atoms with Gasteiger partial charge in [-0.05, 0) is 24.6 Å². The Morgan fingerprint density at radius 3 is 2.39 bits per heavy atom. The second-order valence-corrected chi connectivity index (χ2v) is 5.81. The van der Waals surface area contributed by atoms with E-state index in [4.69, 9.17) is 0 Å².